The number of hydrogen-bond acceptors (Lipinski definition) is 5. The van der Waals surface area contributed by atoms with Gasteiger partial charge in [-0.3, -0.25) is 4.79 Å². The van der Waals surface area contributed by atoms with Gasteiger partial charge in [-0.05, 0) is 56.4 Å². The number of ether oxygens (including phenoxy) is 1. The number of aryl methyl sites for hydroxylation is 2. The van der Waals surface area contributed by atoms with E-state index in [1.165, 1.54) is 6.20 Å². The van der Waals surface area contributed by atoms with E-state index < -0.39 is 0 Å². The number of nitrogens with one attached hydrogen (secondary N) is 1. The van der Waals surface area contributed by atoms with Gasteiger partial charge in [0.1, 0.15) is 11.6 Å². The zero-order chi connectivity index (χ0) is 22.7. The van der Waals surface area contributed by atoms with E-state index in [1.54, 1.807) is 4.52 Å². The van der Waals surface area contributed by atoms with Gasteiger partial charge < -0.3 is 10.1 Å². The lowest BCUT2D eigenvalue weighted by molar-refractivity contribution is -0.121. The molecule has 0 bridgehead atoms. The zero-order valence-corrected chi connectivity index (χ0v) is 19.1. The number of hydrogen-bond donors (Lipinski definition) is 1. The normalized spacial score (nSPS) is 15.4. The minimum Gasteiger partial charge on any atom is -0.381 e. The van der Waals surface area contributed by atoms with Crippen LogP contribution < -0.4 is 5.32 Å². The number of benzene rings is 1. The van der Waals surface area contributed by atoms with Crippen LogP contribution in [-0.2, 0) is 21.4 Å². The highest BCUT2D eigenvalue weighted by Crippen LogP contribution is 2.35. The predicted molar refractivity (Wildman–Crippen MR) is 122 cm³/mol. The van der Waals surface area contributed by atoms with Crippen LogP contribution in [0.5, 0.6) is 0 Å². The summed E-state index contributed by atoms with van der Waals surface area (Å²) in [5.41, 5.74) is 4.68. The average Bonchev–Trinajstić information content (AvgIpc) is 3.21. The first-order valence-corrected chi connectivity index (χ1v) is 11.2. The van der Waals surface area contributed by atoms with Gasteiger partial charge in [0.2, 0.25) is 5.91 Å². The summed E-state index contributed by atoms with van der Waals surface area (Å²) in [6.45, 7) is 5.74. The Balaban J connectivity index is 1.45. The van der Waals surface area contributed by atoms with Crippen LogP contribution in [0, 0.1) is 25.2 Å². The minimum atomic E-state index is -0.173. The van der Waals surface area contributed by atoms with E-state index in [4.69, 9.17) is 16.3 Å². The Morgan fingerprint density at radius 1 is 1.34 bits per heavy atom. The third kappa shape index (κ3) is 4.34. The Labute approximate surface area is 192 Å². The van der Waals surface area contributed by atoms with E-state index in [0.717, 1.165) is 35.4 Å². The Morgan fingerprint density at radius 3 is 2.84 bits per heavy atom. The summed E-state index contributed by atoms with van der Waals surface area (Å²) < 4.78 is 7.25. The van der Waals surface area contributed by atoms with Gasteiger partial charge in [-0.2, -0.15) is 10.4 Å². The number of carbonyl (C=O) groups is 1. The number of nitrogens with zero attached hydrogens (tertiary/aromatic N) is 4. The van der Waals surface area contributed by atoms with E-state index in [9.17, 15) is 10.1 Å². The molecule has 1 fully saturated rings. The fraction of sp³-hybridized carbons (Fsp3) is 0.417. The van der Waals surface area contributed by atoms with Crippen molar-refractivity contribution >= 4 is 23.2 Å². The second-order valence-corrected chi connectivity index (χ2v) is 8.78. The first-order valence-electron chi connectivity index (χ1n) is 10.8. The smallest absolute Gasteiger partial charge is 0.220 e. The summed E-state index contributed by atoms with van der Waals surface area (Å²) >= 11 is 6.24. The molecule has 0 radical (unpaired) electrons. The molecule has 166 valence electrons. The van der Waals surface area contributed by atoms with Crippen LogP contribution in [-0.4, -0.2) is 40.3 Å². The molecule has 3 heterocycles. The van der Waals surface area contributed by atoms with Gasteiger partial charge in [0.25, 0.3) is 0 Å². The standard InChI is InChI=1S/C24H26ClN5O2/c1-16-21(17(2)30-23(29-16)18(13-26)14-28-30)6-7-22(31)27-15-24(8-10-32-11-9-24)19-4-3-5-20(25)12-19/h3-5,12,14H,6-11,15H2,1-2H3,(H,27,31). The average molecular weight is 452 g/mol. The Kier molecular flexibility index (Phi) is 6.45. The number of halogens is 1. The summed E-state index contributed by atoms with van der Waals surface area (Å²) in [7, 11) is 0. The highest BCUT2D eigenvalue weighted by Gasteiger charge is 2.35. The molecule has 1 amide bonds. The molecule has 0 aliphatic carbocycles. The third-order valence-electron chi connectivity index (χ3n) is 6.44. The van der Waals surface area contributed by atoms with Crippen LogP contribution in [0.2, 0.25) is 5.02 Å². The lowest BCUT2D eigenvalue weighted by Gasteiger charge is -2.38. The molecule has 1 aromatic carbocycles. The van der Waals surface area contributed by atoms with Gasteiger partial charge in [-0.15, -0.1) is 0 Å². The van der Waals surface area contributed by atoms with Crippen LogP contribution in [0.1, 0.15) is 47.3 Å². The van der Waals surface area contributed by atoms with Crippen LogP contribution >= 0.6 is 11.6 Å². The molecular weight excluding hydrogens is 426 g/mol. The number of carbonyl (C=O) groups excluding carboxylic acids is 1. The van der Waals surface area contributed by atoms with Crippen molar-refractivity contribution in [2.45, 2.75) is 44.9 Å². The summed E-state index contributed by atoms with van der Waals surface area (Å²) in [5, 5.41) is 17.3. The molecule has 1 N–H and O–H groups in total. The largest absolute Gasteiger partial charge is 0.381 e. The van der Waals surface area contributed by atoms with Crippen molar-refractivity contribution in [1.82, 2.24) is 19.9 Å². The third-order valence-corrected chi connectivity index (χ3v) is 6.68. The molecule has 0 spiro atoms. The molecule has 1 aliphatic rings. The quantitative estimate of drug-likeness (QED) is 0.617. The topological polar surface area (TPSA) is 92.3 Å². The van der Waals surface area contributed by atoms with E-state index >= 15 is 0 Å². The minimum absolute atomic E-state index is 0.00466. The van der Waals surface area contributed by atoms with Crippen molar-refractivity contribution in [3.8, 4) is 6.07 Å². The lowest BCUT2D eigenvalue weighted by atomic mass is 9.74. The van der Waals surface area contributed by atoms with Crippen molar-refractivity contribution in [2.75, 3.05) is 19.8 Å². The molecule has 7 nitrogen and oxygen atoms in total. The van der Waals surface area contributed by atoms with E-state index in [0.29, 0.717) is 48.8 Å². The van der Waals surface area contributed by atoms with Crippen LogP contribution in [0.3, 0.4) is 0 Å². The summed E-state index contributed by atoms with van der Waals surface area (Å²) in [6, 6.07) is 10.0. The molecule has 1 aliphatic heterocycles. The molecule has 2 aromatic heterocycles. The van der Waals surface area contributed by atoms with E-state index in [2.05, 4.69) is 27.5 Å². The van der Waals surface area contributed by atoms with Crippen LogP contribution in [0.15, 0.2) is 30.5 Å². The molecular formula is C24H26ClN5O2. The predicted octanol–water partition coefficient (Wildman–Crippen LogP) is 3.67. The Bertz CT molecular complexity index is 1190. The maximum Gasteiger partial charge on any atom is 0.220 e. The lowest BCUT2D eigenvalue weighted by Crippen LogP contribution is -2.44. The Morgan fingerprint density at radius 2 is 2.12 bits per heavy atom. The molecule has 0 atom stereocenters. The maximum atomic E-state index is 12.8. The van der Waals surface area contributed by atoms with Crippen molar-refractivity contribution in [3.05, 3.63) is 63.6 Å². The molecule has 0 unspecified atom stereocenters. The number of amides is 1. The first-order chi connectivity index (χ1) is 15.4. The van der Waals surface area contributed by atoms with E-state index in [-0.39, 0.29) is 11.3 Å². The van der Waals surface area contributed by atoms with E-state index in [1.807, 2.05) is 32.0 Å². The fourth-order valence-corrected chi connectivity index (χ4v) is 4.68. The highest BCUT2D eigenvalue weighted by molar-refractivity contribution is 6.30. The second-order valence-electron chi connectivity index (χ2n) is 8.35. The van der Waals surface area contributed by atoms with Crippen molar-refractivity contribution in [1.29, 1.82) is 5.26 Å². The monoisotopic (exact) mass is 451 g/mol. The van der Waals surface area contributed by atoms with Gasteiger partial charge in [0.15, 0.2) is 5.65 Å². The molecule has 3 aromatic rings. The van der Waals surface area contributed by atoms with Crippen molar-refractivity contribution in [2.24, 2.45) is 0 Å². The van der Waals surface area contributed by atoms with Gasteiger partial charge in [0, 0.05) is 48.0 Å². The molecule has 1 saturated heterocycles. The highest BCUT2D eigenvalue weighted by atomic mass is 35.5. The molecule has 4 rings (SSSR count). The fourth-order valence-electron chi connectivity index (χ4n) is 4.49. The Hall–Kier alpha value is -2.95. The van der Waals surface area contributed by atoms with Crippen LogP contribution in [0.4, 0.5) is 0 Å². The maximum absolute atomic E-state index is 12.8. The van der Waals surface area contributed by atoms with Gasteiger partial charge in [-0.25, -0.2) is 9.50 Å². The molecule has 32 heavy (non-hydrogen) atoms. The summed E-state index contributed by atoms with van der Waals surface area (Å²) in [5.74, 6) is -0.00466. The van der Waals surface area contributed by atoms with Gasteiger partial charge in [-0.1, -0.05) is 23.7 Å². The van der Waals surface area contributed by atoms with Crippen molar-refractivity contribution in [3.63, 3.8) is 0 Å². The number of rotatable bonds is 6. The van der Waals surface area contributed by atoms with Gasteiger partial charge >= 0.3 is 0 Å². The number of fused-ring (bicyclic) bond motifs is 1. The van der Waals surface area contributed by atoms with Crippen LogP contribution in [0.25, 0.3) is 5.65 Å². The number of aromatic nitrogens is 3. The molecule has 0 saturated carbocycles. The summed E-state index contributed by atoms with van der Waals surface area (Å²) in [4.78, 5) is 17.3. The second kappa shape index (κ2) is 9.27. The zero-order valence-electron chi connectivity index (χ0n) is 18.3. The van der Waals surface area contributed by atoms with Gasteiger partial charge in [0.05, 0.1) is 6.20 Å². The summed E-state index contributed by atoms with van der Waals surface area (Å²) in [6.07, 6.45) is 4.11. The first kappa shape index (κ1) is 22.3. The number of nitriles is 1. The SMILES string of the molecule is Cc1nc2c(C#N)cnn2c(C)c1CCC(=O)NCC1(c2cccc(Cl)c2)CCOCC1. The molecule has 8 heteroatoms. The van der Waals surface area contributed by atoms with Crippen molar-refractivity contribution < 1.29 is 9.53 Å².